The Morgan fingerprint density at radius 1 is 1.06 bits per heavy atom. The van der Waals surface area contributed by atoms with Crippen molar-refractivity contribution >= 4 is 5.91 Å². The molecule has 1 aliphatic heterocycles. The molecule has 1 aliphatic rings. The van der Waals surface area contributed by atoms with Crippen molar-refractivity contribution in [2.24, 2.45) is 0 Å². The molecule has 0 N–H and O–H groups in total. The van der Waals surface area contributed by atoms with Crippen molar-refractivity contribution in [2.45, 2.75) is 45.7 Å². The van der Waals surface area contributed by atoms with Crippen molar-refractivity contribution in [3.63, 3.8) is 0 Å². The van der Waals surface area contributed by atoms with Crippen LogP contribution in [0.3, 0.4) is 0 Å². The number of ether oxygens (including phenoxy) is 1. The Bertz CT molecular complexity index is 1110. The van der Waals surface area contributed by atoms with Gasteiger partial charge in [-0.3, -0.25) is 9.36 Å². The molecule has 1 fully saturated rings. The van der Waals surface area contributed by atoms with Crippen LogP contribution in [-0.4, -0.2) is 44.9 Å². The van der Waals surface area contributed by atoms with Crippen LogP contribution in [0.4, 0.5) is 0 Å². The Balaban J connectivity index is 1.38. The molecule has 32 heavy (non-hydrogen) atoms. The molecule has 0 bridgehead atoms. The van der Waals surface area contributed by atoms with Crippen molar-refractivity contribution < 1.29 is 9.53 Å². The molecule has 2 aromatic carbocycles. The molecule has 168 valence electrons. The van der Waals surface area contributed by atoms with Crippen LogP contribution in [0.5, 0.6) is 5.75 Å². The van der Waals surface area contributed by atoms with Crippen LogP contribution in [0.15, 0.2) is 59.4 Å². The molecule has 3 aromatic rings. The number of carbonyl (C=O) groups excluding carboxylic acids is 1. The van der Waals surface area contributed by atoms with E-state index in [2.05, 4.69) is 0 Å². The summed E-state index contributed by atoms with van der Waals surface area (Å²) in [5, 5.41) is 4.69. The summed E-state index contributed by atoms with van der Waals surface area (Å²) in [6.07, 6.45) is 1.58. The summed E-state index contributed by atoms with van der Waals surface area (Å²) in [5.74, 6) is 1.73. The topological polar surface area (TPSA) is 69.4 Å². The largest absolute Gasteiger partial charge is 0.484 e. The standard InChI is InChI=1S/C25H30N4O3/c1-3-28-24(26-29(25(28)31)17-20-10-5-4-6-11-20)21-13-15-27(16-14-21)23(30)18-32-22-12-8-7-9-19(22)2/h4-12,21H,3,13-18H2,1-2H3. The fourth-order valence-electron chi connectivity index (χ4n) is 4.25. The number of nitrogens with zero attached hydrogens (tertiary/aromatic N) is 4. The molecular weight excluding hydrogens is 404 g/mol. The van der Waals surface area contributed by atoms with Gasteiger partial charge in [-0.05, 0) is 43.9 Å². The predicted octanol–water partition coefficient (Wildman–Crippen LogP) is 3.21. The lowest BCUT2D eigenvalue weighted by atomic mass is 9.96. The third kappa shape index (κ3) is 4.77. The van der Waals surface area contributed by atoms with Crippen LogP contribution in [0.2, 0.25) is 0 Å². The van der Waals surface area contributed by atoms with E-state index in [0.717, 1.165) is 35.5 Å². The van der Waals surface area contributed by atoms with E-state index in [-0.39, 0.29) is 24.1 Å². The summed E-state index contributed by atoms with van der Waals surface area (Å²) >= 11 is 0. The zero-order chi connectivity index (χ0) is 22.5. The summed E-state index contributed by atoms with van der Waals surface area (Å²) in [6.45, 7) is 6.32. The predicted molar refractivity (Wildman–Crippen MR) is 123 cm³/mol. The van der Waals surface area contributed by atoms with Gasteiger partial charge in [0.15, 0.2) is 6.61 Å². The zero-order valence-corrected chi connectivity index (χ0v) is 18.7. The number of para-hydroxylation sites is 1. The average molecular weight is 435 g/mol. The second kappa shape index (κ2) is 9.85. The molecule has 0 unspecified atom stereocenters. The number of aromatic nitrogens is 3. The van der Waals surface area contributed by atoms with Gasteiger partial charge in [-0.15, -0.1) is 0 Å². The summed E-state index contributed by atoms with van der Waals surface area (Å²) in [4.78, 5) is 27.4. The highest BCUT2D eigenvalue weighted by Crippen LogP contribution is 2.26. The van der Waals surface area contributed by atoms with Gasteiger partial charge in [-0.1, -0.05) is 48.5 Å². The number of piperidine rings is 1. The highest BCUT2D eigenvalue weighted by atomic mass is 16.5. The third-order valence-electron chi connectivity index (χ3n) is 6.10. The monoisotopic (exact) mass is 434 g/mol. The van der Waals surface area contributed by atoms with Gasteiger partial charge >= 0.3 is 5.69 Å². The number of amides is 1. The van der Waals surface area contributed by atoms with E-state index in [1.807, 2.05) is 73.3 Å². The summed E-state index contributed by atoms with van der Waals surface area (Å²) in [6, 6.07) is 17.6. The van der Waals surface area contributed by atoms with Crippen LogP contribution in [0, 0.1) is 6.92 Å². The normalized spacial score (nSPS) is 14.5. The molecule has 0 atom stereocenters. The summed E-state index contributed by atoms with van der Waals surface area (Å²) in [5.41, 5.74) is 2.00. The lowest BCUT2D eigenvalue weighted by Crippen LogP contribution is -2.41. The highest BCUT2D eigenvalue weighted by Gasteiger charge is 2.28. The van der Waals surface area contributed by atoms with Gasteiger partial charge in [0.25, 0.3) is 5.91 Å². The fourth-order valence-corrected chi connectivity index (χ4v) is 4.25. The first-order chi connectivity index (χ1) is 15.6. The summed E-state index contributed by atoms with van der Waals surface area (Å²) in [7, 11) is 0. The van der Waals surface area contributed by atoms with Crippen LogP contribution >= 0.6 is 0 Å². The quantitative estimate of drug-likeness (QED) is 0.573. The van der Waals surface area contributed by atoms with Crippen molar-refractivity contribution in [3.05, 3.63) is 82.0 Å². The molecule has 0 spiro atoms. The molecule has 0 radical (unpaired) electrons. The number of carbonyl (C=O) groups is 1. The number of hydrogen-bond acceptors (Lipinski definition) is 4. The van der Waals surface area contributed by atoms with Gasteiger partial charge in [0.05, 0.1) is 6.54 Å². The first kappa shape index (κ1) is 21.9. The third-order valence-corrected chi connectivity index (χ3v) is 6.10. The minimum atomic E-state index is -0.0727. The van der Waals surface area contributed by atoms with Crippen molar-refractivity contribution in [3.8, 4) is 5.75 Å². The SMILES string of the molecule is CCn1c(C2CCN(C(=O)COc3ccccc3C)CC2)nn(Cc2ccccc2)c1=O. The van der Waals surface area contributed by atoms with E-state index in [1.54, 1.807) is 9.25 Å². The molecule has 1 amide bonds. The first-order valence-electron chi connectivity index (χ1n) is 11.2. The van der Waals surface area contributed by atoms with E-state index in [4.69, 9.17) is 9.84 Å². The van der Waals surface area contributed by atoms with Crippen LogP contribution in [0.1, 0.15) is 42.6 Å². The Labute approximate surface area is 188 Å². The molecule has 0 saturated carbocycles. The van der Waals surface area contributed by atoms with Crippen molar-refractivity contribution in [1.82, 2.24) is 19.2 Å². The maximum Gasteiger partial charge on any atom is 0.346 e. The van der Waals surface area contributed by atoms with Crippen LogP contribution in [-0.2, 0) is 17.9 Å². The molecule has 2 heterocycles. The van der Waals surface area contributed by atoms with Crippen molar-refractivity contribution in [2.75, 3.05) is 19.7 Å². The van der Waals surface area contributed by atoms with Gasteiger partial charge in [0.2, 0.25) is 0 Å². The number of hydrogen-bond donors (Lipinski definition) is 0. The lowest BCUT2D eigenvalue weighted by Gasteiger charge is -2.31. The summed E-state index contributed by atoms with van der Waals surface area (Å²) < 4.78 is 9.05. The first-order valence-corrected chi connectivity index (χ1v) is 11.2. The second-order valence-electron chi connectivity index (χ2n) is 8.24. The smallest absolute Gasteiger partial charge is 0.346 e. The molecule has 7 heteroatoms. The molecule has 7 nitrogen and oxygen atoms in total. The van der Waals surface area contributed by atoms with E-state index in [1.165, 1.54) is 0 Å². The number of aryl methyl sites for hydroxylation is 1. The van der Waals surface area contributed by atoms with Gasteiger partial charge in [-0.25, -0.2) is 9.48 Å². The van der Waals surface area contributed by atoms with Crippen molar-refractivity contribution in [1.29, 1.82) is 0 Å². The zero-order valence-electron chi connectivity index (χ0n) is 18.7. The van der Waals surface area contributed by atoms with E-state index in [0.29, 0.717) is 26.2 Å². The maximum atomic E-state index is 12.9. The Hall–Kier alpha value is -3.35. The minimum Gasteiger partial charge on any atom is -0.484 e. The average Bonchev–Trinajstić information content (AvgIpc) is 3.14. The maximum absolute atomic E-state index is 12.9. The van der Waals surface area contributed by atoms with E-state index < -0.39 is 0 Å². The molecule has 1 aromatic heterocycles. The highest BCUT2D eigenvalue weighted by molar-refractivity contribution is 5.77. The van der Waals surface area contributed by atoms with Gasteiger partial charge < -0.3 is 9.64 Å². The molecule has 1 saturated heterocycles. The lowest BCUT2D eigenvalue weighted by molar-refractivity contribution is -0.134. The van der Waals surface area contributed by atoms with Crippen LogP contribution < -0.4 is 10.4 Å². The number of benzene rings is 2. The fraction of sp³-hybridized carbons (Fsp3) is 0.400. The second-order valence-corrected chi connectivity index (χ2v) is 8.24. The molecule has 0 aliphatic carbocycles. The molecular formula is C25H30N4O3. The van der Waals surface area contributed by atoms with Gasteiger partial charge in [0, 0.05) is 25.6 Å². The van der Waals surface area contributed by atoms with E-state index in [9.17, 15) is 9.59 Å². The van der Waals surface area contributed by atoms with Crippen LogP contribution in [0.25, 0.3) is 0 Å². The number of rotatable bonds is 7. The van der Waals surface area contributed by atoms with Gasteiger partial charge in [0.1, 0.15) is 11.6 Å². The van der Waals surface area contributed by atoms with Gasteiger partial charge in [-0.2, -0.15) is 5.10 Å². The number of likely N-dealkylation sites (tertiary alicyclic amines) is 1. The minimum absolute atomic E-state index is 0.00538. The Kier molecular flexibility index (Phi) is 6.73. The Morgan fingerprint density at radius 2 is 1.75 bits per heavy atom. The van der Waals surface area contributed by atoms with E-state index >= 15 is 0 Å². The Morgan fingerprint density at radius 3 is 2.44 bits per heavy atom. The molecule has 4 rings (SSSR count).